The van der Waals surface area contributed by atoms with Crippen LogP contribution in [0.4, 0.5) is 10.8 Å². The molecule has 8 heteroatoms. The second-order valence-electron chi connectivity index (χ2n) is 5.90. The smallest absolute Gasteiger partial charge is 0.262 e. The van der Waals surface area contributed by atoms with Crippen LogP contribution in [-0.4, -0.2) is 23.4 Å². The first kappa shape index (κ1) is 17.7. The zero-order valence-corrected chi connectivity index (χ0v) is 16.4. The summed E-state index contributed by atoms with van der Waals surface area (Å²) in [5, 5.41) is 6.04. The summed E-state index contributed by atoms with van der Waals surface area (Å²) in [6.07, 6.45) is 2.51. The maximum absolute atomic E-state index is 12.5. The molecule has 0 unspecified atom stereocenters. The molecule has 0 radical (unpaired) electrons. The summed E-state index contributed by atoms with van der Waals surface area (Å²) in [5.74, 6) is -0.00355. The van der Waals surface area contributed by atoms with E-state index >= 15 is 0 Å². The van der Waals surface area contributed by atoms with Gasteiger partial charge in [-0.25, -0.2) is 4.98 Å². The average Bonchev–Trinajstić information content (AvgIpc) is 3.10. The van der Waals surface area contributed by atoms with E-state index in [0.29, 0.717) is 22.1 Å². The summed E-state index contributed by atoms with van der Waals surface area (Å²) >= 11 is 4.98. The van der Waals surface area contributed by atoms with Crippen LogP contribution in [0.5, 0.6) is 5.75 Å². The quantitative estimate of drug-likeness (QED) is 0.636. The van der Waals surface area contributed by atoms with Crippen LogP contribution in [0.25, 0.3) is 0 Å². The van der Waals surface area contributed by atoms with Gasteiger partial charge in [-0.3, -0.25) is 14.9 Å². The van der Waals surface area contributed by atoms with Gasteiger partial charge in [0.1, 0.15) is 5.75 Å². The first-order valence-electron chi connectivity index (χ1n) is 8.14. The van der Waals surface area contributed by atoms with Gasteiger partial charge in [-0.05, 0) is 29.8 Å². The Hall–Kier alpha value is -2.71. The minimum atomic E-state index is -0.278. The maximum atomic E-state index is 12.5. The standard InChI is InChI=1S/C19H14BrN3O3S/c20-14-4-2-1-3-11(14)7-13-9-21-19(27-13)23-18(25)12-5-6-15-16(8-12)26-10-17(24)22-15/h1-6,8-9H,7,10H2,(H,22,24)(H,21,23,25). The highest BCUT2D eigenvalue weighted by Gasteiger charge is 2.18. The number of hydrogen-bond donors (Lipinski definition) is 2. The molecule has 2 amide bonds. The third kappa shape index (κ3) is 4.01. The average molecular weight is 444 g/mol. The fourth-order valence-electron chi connectivity index (χ4n) is 2.66. The summed E-state index contributed by atoms with van der Waals surface area (Å²) in [4.78, 5) is 29.1. The largest absolute Gasteiger partial charge is 0.482 e. The highest BCUT2D eigenvalue weighted by molar-refractivity contribution is 9.10. The van der Waals surface area contributed by atoms with Gasteiger partial charge in [0.25, 0.3) is 11.8 Å². The van der Waals surface area contributed by atoms with Gasteiger partial charge < -0.3 is 10.1 Å². The molecule has 2 N–H and O–H groups in total. The molecule has 0 saturated heterocycles. The van der Waals surface area contributed by atoms with Crippen LogP contribution in [0.15, 0.2) is 53.1 Å². The molecule has 0 aliphatic carbocycles. The third-order valence-electron chi connectivity index (χ3n) is 3.97. The van der Waals surface area contributed by atoms with Crippen molar-refractivity contribution in [2.24, 2.45) is 0 Å². The Morgan fingerprint density at radius 2 is 2.15 bits per heavy atom. The van der Waals surface area contributed by atoms with Gasteiger partial charge in [0, 0.05) is 27.5 Å². The first-order valence-corrected chi connectivity index (χ1v) is 9.75. The van der Waals surface area contributed by atoms with Gasteiger partial charge in [-0.15, -0.1) is 11.3 Å². The summed E-state index contributed by atoms with van der Waals surface area (Å²) in [6, 6.07) is 12.9. The van der Waals surface area contributed by atoms with Crippen molar-refractivity contribution >= 4 is 49.9 Å². The molecule has 1 aliphatic rings. The van der Waals surface area contributed by atoms with E-state index in [2.05, 4.69) is 31.5 Å². The highest BCUT2D eigenvalue weighted by atomic mass is 79.9. The summed E-state index contributed by atoms with van der Waals surface area (Å²) in [5.41, 5.74) is 2.16. The maximum Gasteiger partial charge on any atom is 0.262 e. The van der Waals surface area contributed by atoms with Crippen molar-refractivity contribution in [3.8, 4) is 5.75 Å². The van der Waals surface area contributed by atoms with Crippen LogP contribution in [0, 0.1) is 0 Å². The molecule has 0 spiro atoms. The summed E-state index contributed by atoms with van der Waals surface area (Å²) < 4.78 is 6.40. The van der Waals surface area contributed by atoms with Crippen molar-refractivity contribution in [1.82, 2.24) is 4.98 Å². The molecule has 0 saturated carbocycles. The number of carbonyl (C=O) groups is 2. The van der Waals surface area contributed by atoms with Gasteiger partial charge in [0.15, 0.2) is 11.7 Å². The molecular weight excluding hydrogens is 430 g/mol. The molecular formula is C19H14BrN3O3S. The van der Waals surface area contributed by atoms with E-state index in [9.17, 15) is 9.59 Å². The Balaban J connectivity index is 1.45. The van der Waals surface area contributed by atoms with Crippen molar-refractivity contribution in [3.05, 3.63) is 69.1 Å². The van der Waals surface area contributed by atoms with Crippen molar-refractivity contribution in [2.45, 2.75) is 6.42 Å². The summed E-state index contributed by atoms with van der Waals surface area (Å²) in [7, 11) is 0. The van der Waals surface area contributed by atoms with E-state index in [1.165, 1.54) is 11.3 Å². The molecule has 2 heterocycles. The number of hydrogen-bond acceptors (Lipinski definition) is 5. The zero-order chi connectivity index (χ0) is 18.8. The van der Waals surface area contributed by atoms with Crippen LogP contribution in [0.1, 0.15) is 20.8 Å². The number of nitrogens with one attached hydrogen (secondary N) is 2. The molecule has 6 nitrogen and oxygen atoms in total. The van der Waals surface area contributed by atoms with Gasteiger partial charge in [-0.1, -0.05) is 34.1 Å². The van der Waals surface area contributed by atoms with E-state index < -0.39 is 0 Å². The minimum Gasteiger partial charge on any atom is -0.482 e. The van der Waals surface area contributed by atoms with Crippen LogP contribution in [0.2, 0.25) is 0 Å². The van der Waals surface area contributed by atoms with Crippen LogP contribution >= 0.6 is 27.3 Å². The molecule has 0 bridgehead atoms. The third-order valence-corrected chi connectivity index (χ3v) is 5.66. The van der Waals surface area contributed by atoms with Gasteiger partial charge in [-0.2, -0.15) is 0 Å². The molecule has 1 aliphatic heterocycles. The number of benzene rings is 2. The lowest BCUT2D eigenvalue weighted by Gasteiger charge is -2.18. The lowest BCUT2D eigenvalue weighted by atomic mass is 10.1. The van der Waals surface area contributed by atoms with Crippen LogP contribution < -0.4 is 15.4 Å². The van der Waals surface area contributed by atoms with E-state index in [4.69, 9.17) is 4.74 Å². The van der Waals surface area contributed by atoms with E-state index in [0.717, 1.165) is 21.3 Å². The molecule has 1 aromatic heterocycles. The number of amides is 2. The van der Waals surface area contributed by atoms with E-state index in [1.807, 2.05) is 24.3 Å². The highest BCUT2D eigenvalue weighted by Crippen LogP contribution is 2.29. The Morgan fingerprint density at radius 1 is 1.30 bits per heavy atom. The lowest BCUT2D eigenvalue weighted by Crippen LogP contribution is -2.25. The van der Waals surface area contributed by atoms with Crippen LogP contribution in [-0.2, 0) is 11.2 Å². The first-order chi connectivity index (χ1) is 13.1. The Labute approximate surface area is 167 Å². The second kappa shape index (κ2) is 7.50. The molecule has 2 aromatic carbocycles. The number of ether oxygens (including phenoxy) is 1. The molecule has 0 fully saturated rings. The Morgan fingerprint density at radius 3 is 3.00 bits per heavy atom. The fraction of sp³-hybridized carbons (Fsp3) is 0.105. The number of fused-ring (bicyclic) bond motifs is 1. The second-order valence-corrected chi connectivity index (χ2v) is 7.87. The van der Waals surface area contributed by atoms with Crippen molar-refractivity contribution in [1.29, 1.82) is 0 Å². The number of aromatic nitrogens is 1. The Bertz CT molecular complexity index is 1030. The summed E-state index contributed by atoms with van der Waals surface area (Å²) in [6.45, 7) is -0.0526. The van der Waals surface area contributed by atoms with Gasteiger partial charge >= 0.3 is 0 Å². The Kier molecular flexibility index (Phi) is 4.91. The monoisotopic (exact) mass is 443 g/mol. The van der Waals surface area contributed by atoms with Crippen LogP contribution in [0.3, 0.4) is 0 Å². The van der Waals surface area contributed by atoms with Gasteiger partial charge in [0.05, 0.1) is 5.69 Å². The molecule has 136 valence electrons. The molecule has 0 atom stereocenters. The van der Waals surface area contributed by atoms with Crippen molar-refractivity contribution < 1.29 is 14.3 Å². The number of anilines is 2. The normalized spacial score (nSPS) is 12.7. The van der Waals surface area contributed by atoms with E-state index in [1.54, 1.807) is 24.4 Å². The predicted molar refractivity (Wildman–Crippen MR) is 108 cm³/mol. The topological polar surface area (TPSA) is 80.3 Å². The lowest BCUT2D eigenvalue weighted by molar-refractivity contribution is -0.118. The predicted octanol–water partition coefficient (Wildman–Crippen LogP) is 4.08. The SMILES string of the molecule is O=C1COc2cc(C(=O)Nc3ncc(Cc4ccccc4Br)s3)ccc2N1. The number of nitrogens with zero attached hydrogens (tertiary/aromatic N) is 1. The molecule has 3 aromatic rings. The number of carbonyl (C=O) groups excluding carboxylic acids is 2. The number of halogens is 1. The van der Waals surface area contributed by atoms with Gasteiger partial charge in [0.2, 0.25) is 0 Å². The molecule has 4 rings (SSSR count). The van der Waals surface area contributed by atoms with Crippen molar-refractivity contribution in [2.75, 3.05) is 17.2 Å². The number of rotatable bonds is 4. The van der Waals surface area contributed by atoms with Crippen molar-refractivity contribution in [3.63, 3.8) is 0 Å². The molecule has 27 heavy (non-hydrogen) atoms. The zero-order valence-electron chi connectivity index (χ0n) is 14.0. The minimum absolute atomic E-state index is 0.0526. The fourth-order valence-corrected chi connectivity index (χ4v) is 3.92. The van der Waals surface area contributed by atoms with E-state index in [-0.39, 0.29) is 18.4 Å². The number of thiazole rings is 1.